The van der Waals surface area contributed by atoms with Crippen molar-refractivity contribution in [1.29, 1.82) is 0 Å². The SMILES string of the molecule is CCc1ccccc1NC(=O)C1CC(=O)N(CCc2ccccc2)C1. The predicted octanol–water partition coefficient (Wildman–Crippen LogP) is 3.28. The zero-order valence-electron chi connectivity index (χ0n) is 14.6. The van der Waals surface area contributed by atoms with Gasteiger partial charge in [0.2, 0.25) is 11.8 Å². The van der Waals surface area contributed by atoms with Gasteiger partial charge in [-0.2, -0.15) is 0 Å². The standard InChI is InChI=1S/C21H24N2O2/c1-2-17-10-6-7-11-19(17)22-21(25)18-14-20(24)23(15-18)13-12-16-8-4-3-5-9-16/h3-11,18H,2,12-15H2,1H3,(H,22,25). The van der Waals surface area contributed by atoms with Crippen LogP contribution < -0.4 is 5.32 Å². The number of nitrogens with zero attached hydrogens (tertiary/aromatic N) is 1. The number of benzene rings is 2. The van der Waals surface area contributed by atoms with Crippen molar-refractivity contribution in [1.82, 2.24) is 4.90 Å². The number of hydrogen-bond donors (Lipinski definition) is 1. The molecule has 4 nitrogen and oxygen atoms in total. The second-order valence-corrected chi connectivity index (χ2v) is 6.48. The van der Waals surface area contributed by atoms with Crippen LogP contribution in [0.5, 0.6) is 0 Å². The number of para-hydroxylation sites is 1. The van der Waals surface area contributed by atoms with Crippen LogP contribution in [0.25, 0.3) is 0 Å². The van der Waals surface area contributed by atoms with Crippen LogP contribution in [0, 0.1) is 5.92 Å². The molecule has 1 aliphatic heterocycles. The lowest BCUT2D eigenvalue weighted by molar-refractivity contribution is -0.128. The summed E-state index contributed by atoms with van der Waals surface area (Å²) in [6.07, 6.45) is 1.98. The normalized spacial score (nSPS) is 16.9. The molecular formula is C21H24N2O2. The average molecular weight is 336 g/mol. The number of nitrogens with one attached hydrogen (secondary N) is 1. The third-order valence-electron chi connectivity index (χ3n) is 4.75. The van der Waals surface area contributed by atoms with Crippen LogP contribution in [0.1, 0.15) is 24.5 Å². The predicted molar refractivity (Wildman–Crippen MR) is 99.3 cm³/mol. The third-order valence-corrected chi connectivity index (χ3v) is 4.75. The van der Waals surface area contributed by atoms with Gasteiger partial charge in [0.25, 0.3) is 0 Å². The Labute approximate surface area is 148 Å². The summed E-state index contributed by atoms with van der Waals surface area (Å²) < 4.78 is 0. The third kappa shape index (κ3) is 4.27. The number of hydrogen-bond acceptors (Lipinski definition) is 2. The summed E-state index contributed by atoms with van der Waals surface area (Å²) in [4.78, 5) is 26.6. The first-order valence-corrected chi connectivity index (χ1v) is 8.88. The van der Waals surface area contributed by atoms with Crippen molar-refractivity contribution >= 4 is 17.5 Å². The number of rotatable bonds is 6. The van der Waals surface area contributed by atoms with E-state index >= 15 is 0 Å². The van der Waals surface area contributed by atoms with Gasteiger partial charge in [-0.15, -0.1) is 0 Å². The van der Waals surface area contributed by atoms with Crippen molar-refractivity contribution in [3.8, 4) is 0 Å². The van der Waals surface area contributed by atoms with E-state index in [-0.39, 0.29) is 17.7 Å². The molecule has 130 valence electrons. The maximum Gasteiger partial charge on any atom is 0.229 e. The Morgan fingerprint density at radius 3 is 2.60 bits per heavy atom. The molecular weight excluding hydrogens is 312 g/mol. The van der Waals surface area contributed by atoms with Gasteiger partial charge in [0, 0.05) is 25.2 Å². The molecule has 2 amide bonds. The molecule has 1 aliphatic rings. The van der Waals surface area contributed by atoms with Crippen LogP contribution in [-0.4, -0.2) is 29.8 Å². The average Bonchev–Trinajstić information content (AvgIpc) is 3.02. The van der Waals surface area contributed by atoms with Crippen molar-refractivity contribution in [2.45, 2.75) is 26.2 Å². The van der Waals surface area contributed by atoms with E-state index in [4.69, 9.17) is 0 Å². The number of amides is 2. The van der Waals surface area contributed by atoms with Crippen molar-refractivity contribution in [2.24, 2.45) is 5.92 Å². The minimum absolute atomic E-state index is 0.0588. The first-order valence-electron chi connectivity index (χ1n) is 8.88. The summed E-state index contributed by atoms with van der Waals surface area (Å²) in [5, 5.41) is 3.00. The summed E-state index contributed by atoms with van der Waals surface area (Å²) >= 11 is 0. The van der Waals surface area contributed by atoms with Gasteiger partial charge in [-0.25, -0.2) is 0 Å². The molecule has 0 radical (unpaired) electrons. The lowest BCUT2D eigenvalue weighted by atomic mass is 10.1. The molecule has 1 fully saturated rings. The summed E-state index contributed by atoms with van der Waals surface area (Å²) in [6, 6.07) is 17.9. The molecule has 0 bridgehead atoms. The summed E-state index contributed by atoms with van der Waals surface area (Å²) in [5.41, 5.74) is 3.17. The Morgan fingerprint density at radius 2 is 1.84 bits per heavy atom. The van der Waals surface area contributed by atoms with Gasteiger partial charge in [-0.05, 0) is 30.0 Å². The molecule has 25 heavy (non-hydrogen) atoms. The van der Waals surface area contributed by atoms with Gasteiger partial charge < -0.3 is 10.2 Å². The molecule has 1 heterocycles. The molecule has 2 aromatic carbocycles. The van der Waals surface area contributed by atoms with Gasteiger partial charge in [0.15, 0.2) is 0 Å². The van der Waals surface area contributed by atoms with E-state index < -0.39 is 0 Å². The summed E-state index contributed by atoms with van der Waals surface area (Å²) in [6.45, 7) is 3.24. The second-order valence-electron chi connectivity index (χ2n) is 6.48. The van der Waals surface area contributed by atoms with Gasteiger partial charge in [-0.3, -0.25) is 9.59 Å². The fourth-order valence-corrected chi connectivity index (χ4v) is 3.26. The fraction of sp³-hybridized carbons (Fsp3) is 0.333. The van der Waals surface area contributed by atoms with E-state index in [9.17, 15) is 9.59 Å². The van der Waals surface area contributed by atoms with Crippen LogP contribution in [0.3, 0.4) is 0 Å². The molecule has 0 saturated carbocycles. The first kappa shape index (κ1) is 17.2. The van der Waals surface area contributed by atoms with Crippen molar-refractivity contribution in [3.63, 3.8) is 0 Å². The lowest BCUT2D eigenvalue weighted by Crippen LogP contribution is -2.30. The number of aryl methyl sites for hydroxylation is 1. The highest BCUT2D eigenvalue weighted by Crippen LogP contribution is 2.22. The van der Waals surface area contributed by atoms with E-state index in [2.05, 4.69) is 24.4 Å². The Bertz CT molecular complexity index is 743. The Hall–Kier alpha value is -2.62. The number of likely N-dealkylation sites (tertiary alicyclic amines) is 1. The highest BCUT2D eigenvalue weighted by molar-refractivity contribution is 5.97. The Kier molecular flexibility index (Phi) is 5.49. The van der Waals surface area contributed by atoms with E-state index in [0.29, 0.717) is 19.5 Å². The Balaban J connectivity index is 1.57. The van der Waals surface area contributed by atoms with Crippen LogP contribution in [0.2, 0.25) is 0 Å². The highest BCUT2D eigenvalue weighted by atomic mass is 16.2. The van der Waals surface area contributed by atoms with E-state index in [1.54, 1.807) is 0 Å². The van der Waals surface area contributed by atoms with Crippen LogP contribution in [-0.2, 0) is 22.4 Å². The summed E-state index contributed by atoms with van der Waals surface area (Å²) in [5.74, 6) is -0.260. The molecule has 1 saturated heterocycles. The van der Waals surface area contributed by atoms with Crippen molar-refractivity contribution in [3.05, 3.63) is 65.7 Å². The van der Waals surface area contributed by atoms with Gasteiger partial charge in [-0.1, -0.05) is 55.5 Å². The minimum Gasteiger partial charge on any atom is -0.342 e. The van der Waals surface area contributed by atoms with Crippen molar-refractivity contribution in [2.75, 3.05) is 18.4 Å². The lowest BCUT2D eigenvalue weighted by Gasteiger charge is -2.17. The molecule has 3 rings (SSSR count). The zero-order chi connectivity index (χ0) is 17.6. The van der Waals surface area contributed by atoms with Gasteiger partial charge >= 0.3 is 0 Å². The Morgan fingerprint density at radius 1 is 1.12 bits per heavy atom. The zero-order valence-corrected chi connectivity index (χ0v) is 14.6. The van der Waals surface area contributed by atoms with Gasteiger partial charge in [0.1, 0.15) is 0 Å². The second kappa shape index (κ2) is 7.97. The molecule has 4 heteroatoms. The van der Waals surface area contributed by atoms with Crippen LogP contribution >= 0.6 is 0 Å². The maximum atomic E-state index is 12.6. The molecule has 1 N–H and O–H groups in total. The topological polar surface area (TPSA) is 49.4 Å². The number of carbonyl (C=O) groups excluding carboxylic acids is 2. The maximum absolute atomic E-state index is 12.6. The van der Waals surface area contributed by atoms with E-state index in [1.165, 1.54) is 5.56 Å². The quantitative estimate of drug-likeness (QED) is 0.880. The monoisotopic (exact) mass is 336 g/mol. The molecule has 1 unspecified atom stereocenters. The number of anilines is 1. The van der Waals surface area contributed by atoms with Crippen LogP contribution in [0.4, 0.5) is 5.69 Å². The van der Waals surface area contributed by atoms with Crippen LogP contribution in [0.15, 0.2) is 54.6 Å². The molecule has 0 aliphatic carbocycles. The minimum atomic E-state index is -0.270. The molecule has 2 aromatic rings. The van der Waals surface area contributed by atoms with E-state index in [1.807, 2.05) is 47.4 Å². The molecule has 0 aromatic heterocycles. The first-order chi connectivity index (χ1) is 12.2. The van der Waals surface area contributed by atoms with E-state index in [0.717, 1.165) is 24.1 Å². The van der Waals surface area contributed by atoms with Gasteiger partial charge in [0.05, 0.1) is 5.92 Å². The van der Waals surface area contributed by atoms with Crippen molar-refractivity contribution < 1.29 is 9.59 Å². The highest BCUT2D eigenvalue weighted by Gasteiger charge is 2.34. The fourth-order valence-electron chi connectivity index (χ4n) is 3.26. The smallest absolute Gasteiger partial charge is 0.229 e. The number of carbonyl (C=O) groups is 2. The largest absolute Gasteiger partial charge is 0.342 e. The summed E-state index contributed by atoms with van der Waals surface area (Å²) in [7, 11) is 0. The molecule has 1 atom stereocenters. The molecule has 0 spiro atoms.